The number of aromatic nitrogens is 2. The van der Waals surface area contributed by atoms with Gasteiger partial charge in [-0.05, 0) is 60.5 Å². The van der Waals surface area contributed by atoms with Gasteiger partial charge in [-0.1, -0.05) is 0 Å². The fraction of sp³-hybridized carbons (Fsp3) is 0.0800. The number of hydrogen-bond donors (Lipinski definition) is 2. The molecule has 0 bridgehead atoms. The van der Waals surface area contributed by atoms with Crippen molar-refractivity contribution in [2.75, 3.05) is 18.6 Å². The molecule has 2 heterocycles. The summed E-state index contributed by atoms with van der Waals surface area (Å²) in [5.41, 5.74) is 0.908. The van der Waals surface area contributed by atoms with E-state index in [0.717, 1.165) is 0 Å². The molecule has 1 atom stereocenters. The summed E-state index contributed by atoms with van der Waals surface area (Å²) in [6.45, 7) is 0. The summed E-state index contributed by atoms with van der Waals surface area (Å²) in [5.74, 6) is 3.05. The van der Waals surface area contributed by atoms with Crippen LogP contribution in [0.4, 0.5) is 10.1 Å². The highest BCUT2D eigenvalue weighted by molar-refractivity contribution is 7.99. The summed E-state index contributed by atoms with van der Waals surface area (Å²) in [6, 6.07) is 14.9. The quantitative estimate of drug-likeness (QED) is 0.362. The van der Waals surface area contributed by atoms with Gasteiger partial charge in [-0.2, -0.15) is 4.98 Å². The van der Waals surface area contributed by atoms with Crippen molar-refractivity contribution in [1.82, 2.24) is 15.3 Å². The topological polar surface area (TPSA) is 123 Å². The van der Waals surface area contributed by atoms with Crippen LogP contribution in [0.1, 0.15) is 21.0 Å². The standard InChI is InChI=1S/C25H21FN4O5S/c1-27-23(31)20-14-19(12-13-28-20)34-18-10-8-17(9-11-18)29-24(32)21-22(15-4-6-16(26)7-5-15)35-25(30-21)36(2,3)33/h4-14H,2H2,1,3H3,(H,27,31)(H,29,32). The molecule has 2 aromatic heterocycles. The molecule has 4 rings (SSSR count). The van der Waals surface area contributed by atoms with Crippen molar-refractivity contribution < 1.29 is 27.3 Å². The molecular weight excluding hydrogens is 487 g/mol. The number of rotatable bonds is 7. The zero-order valence-electron chi connectivity index (χ0n) is 19.3. The molecule has 0 saturated carbocycles. The van der Waals surface area contributed by atoms with Crippen LogP contribution < -0.4 is 15.4 Å². The molecule has 2 amide bonds. The van der Waals surface area contributed by atoms with Gasteiger partial charge in [0.15, 0.2) is 11.5 Å². The number of pyridine rings is 1. The first-order valence-electron chi connectivity index (χ1n) is 10.5. The zero-order chi connectivity index (χ0) is 25.9. The second kappa shape index (κ2) is 10.0. The number of halogens is 1. The molecular formula is C25H21FN4O5S. The molecule has 4 aromatic rings. The van der Waals surface area contributed by atoms with E-state index in [-0.39, 0.29) is 28.3 Å². The van der Waals surface area contributed by atoms with Crippen LogP contribution in [0, 0.1) is 5.82 Å². The van der Waals surface area contributed by atoms with Crippen LogP contribution in [0.5, 0.6) is 11.5 Å². The Kier molecular flexibility index (Phi) is 6.84. The molecule has 36 heavy (non-hydrogen) atoms. The number of ether oxygens (including phenoxy) is 1. The summed E-state index contributed by atoms with van der Waals surface area (Å²) < 4.78 is 37.1. The van der Waals surface area contributed by atoms with Crippen molar-refractivity contribution >= 4 is 32.9 Å². The van der Waals surface area contributed by atoms with E-state index in [9.17, 15) is 18.2 Å². The highest BCUT2D eigenvalue weighted by atomic mass is 32.2. The molecule has 0 aliphatic heterocycles. The monoisotopic (exact) mass is 508 g/mol. The number of hydrogen-bond acceptors (Lipinski definition) is 7. The predicted octanol–water partition coefficient (Wildman–Crippen LogP) is 3.99. The Balaban J connectivity index is 1.54. The Labute approximate surface area is 206 Å². The molecule has 1 unspecified atom stereocenters. The Morgan fingerprint density at radius 1 is 1.03 bits per heavy atom. The maximum atomic E-state index is 13.4. The van der Waals surface area contributed by atoms with Crippen LogP contribution in [0.25, 0.3) is 11.3 Å². The number of carbonyl (C=O) groups excluding carboxylic acids is 2. The van der Waals surface area contributed by atoms with E-state index < -0.39 is 21.2 Å². The van der Waals surface area contributed by atoms with Crippen LogP contribution in [0.15, 0.2) is 76.5 Å². The zero-order valence-corrected chi connectivity index (χ0v) is 20.1. The van der Waals surface area contributed by atoms with Crippen molar-refractivity contribution in [3.63, 3.8) is 0 Å². The minimum atomic E-state index is -2.85. The van der Waals surface area contributed by atoms with E-state index in [1.165, 1.54) is 49.8 Å². The van der Waals surface area contributed by atoms with E-state index in [4.69, 9.17) is 9.15 Å². The third kappa shape index (κ3) is 5.58. The van der Waals surface area contributed by atoms with Gasteiger partial charge in [0.1, 0.15) is 23.0 Å². The van der Waals surface area contributed by atoms with E-state index in [2.05, 4.69) is 26.5 Å². The number of anilines is 1. The van der Waals surface area contributed by atoms with Gasteiger partial charge in [0, 0.05) is 46.3 Å². The Bertz CT molecular complexity index is 1530. The normalized spacial score (nSPS) is 12.4. The van der Waals surface area contributed by atoms with Crippen molar-refractivity contribution in [2.45, 2.75) is 5.22 Å². The number of nitrogens with one attached hydrogen (secondary N) is 2. The summed E-state index contributed by atoms with van der Waals surface area (Å²) in [6.07, 6.45) is 2.80. The summed E-state index contributed by atoms with van der Waals surface area (Å²) in [7, 11) is -1.34. The van der Waals surface area contributed by atoms with Crippen molar-refractivity contribution in [3.8, 4) is 22.8 Å². The van der Waals surface area contributed by atoms with Gasteiger partial charge in [-0.15, -0.1) is 0 Å². The molecule has 0 saturated heterocycles. The molecule has 184 valence electrons. The second-order valence-electron chi connectivity index (χ2n) is 7.71. The second-order valence-corrected chi connectivity index (χ2v) is 10.1. The highest BCUT2D eigenvalue weighted by Crippen LogP contribution is 2.29. The molecule has 0 fully saturated rings. The van der Waals surface area contributed by atoms with Crippen molar-refractivity contribution in [3.05, 3.63) is 84.1 Å². The van der Waals surface area contributed by atoms with E-state index in [1.54, 1.807) is 30.3 Å². The summed E-state index contributed by atoms with van der Waals surface area (Å²) >= 11 is 0. The van der Waals surface area contributed by atoms with Crippen LogP contribution in [-0.4, -0.2) is 45.2 Å². The molecule has 0 aliphatic rings. The largest absolute Gasteiger partial charge is 0.457 e. The molecule has 0 aliphatic carbocycles. The predicted molar refractivity (Wildman–Crippen MR) is 133 cm³/mol. The highest BCUT2D eigenvalue weighted by Gasteiger charge is 2.24. The summed E-state index contributed by atoms with van der Waals surface area (Å²) in [5, 5.41) is 5.00. The molecule has 0 radical (unpaired) electrons. The average molecular weight is 509 g/mol. The fourth-order valence-electron chi connectivity index (χ4n) is 3.10. The maximum Gasteiger partial charge on any atom is 0.279 e. The van der Waals surface area contributed by atoms with Gasteiger partial charge in [0.2, 0.25) is 0 Å². The van der Waals surface area contributed by atoms with Crippen molar-refractivity contribution in [2.24, 2.45) is 0 Å². The maximum absolute atomic E-state index is 13.4. The van der Waals surface area contributed by atoms with Crippen LogP contribution in [0.2, 0.25) is 0 Å². The average Bonchev–Trinajstić information content (AvgIpc) is 3.32. The molecule has 11 heteroatoms. The lowest BCUT2D eigenvalue weighted by Gasteiger charge is -2.09. The number of benzene rings is 2. The Morgan fingerprint density at radius 3 is 2.36 bits per heavy atom. The fourth-order valence-corrected chi connectivity index (χ4v) is 3.64. The lowest BCUT2D eigenvalue weighted by Crippen LogP contribution is -2.18. The summed E-state index contributed by atoms with van der Waals surface area (Å²) in [4.78, 5) is 32.9. The molecule has 2 N–H and O–H groups in total. The smallest absolute Gasteiger partial charge is 0.279 e. The number of amides is 2. The van der Waals surface area contributed by atoms with Gasteiger partial charge in [-0.25, -0.2) is 4.39 Å². The third-order valence-electron chi connectivity index (χ3n) is 4.84. The molecule has 0 spiro atoms. The minimum Gasteiger partial charge on any atom is -0.457 e. The first-order chi connectivity index (χ1) is 17.1. The SMILES string of the molecule is C=S(C)(=O)c1nc(C(=O)Nc2ccc(Oc3ccnc(C(=O)NC)c3)cc2)c(-c2ccc(F)cc2)o1. The molecule has 2 aromatic carbocycles. The van der Waals surface area contributed by atoms with Crippen LogP contribution in [0.3, 0.4) is 0 Å². The van der Waals surface area contributed by atoms with Crippen molar-refractivity contribution in [1.29, 1.82) is 0 Å². The number of carbonyl (C=O) groups is 2. The van der Waals surface area contributed by atoms with E-state index in [1.807, 2.05) is 0 Å². The van der Waals surface area contributed by atoms with E-state index >= 15 is 0 Å². The van der Waals surface area contributed by atoms with Crippen LogP contribution in [-0.2, 0) is 9.52 Å². The van der Waals surface area contributed by atoms with Gasteiger partial charge in [0.25, 0.3) is 17.0 Å². The minimum absolute atomic E-state index is 0.0466. The number of oxazole rings is 1. The molecule has 9 nitrogen and oxygen atoms in total. The third-order valence-corrected chi connectivity index (χ3v) is 5.75. The lowest BCUT2D eigenvalue weighted by molar-refractivity contribution is 0.0957. The van der Waals surface area contributed by atoms with Gasteiger partial charge >= 0.3 is 0 Å². The number of nitrogens with zero attached hydrogens (tertiary/aromatic N) is 2. The first-order valence-corrected chi connectivity index (χ1v) is 12.6. The Hall–Kier alpha value is -4.51. The van der Waals surface area contributed by atoms with Gasteiger partial charge < -0.3 is 19.8 Å². The van der Waals surface area contributed by atoms with Gasteiger partial charge in [0.05, 0.1) is 0 Å². The lowest BCUT2D eigenvalue weighted by atomic mass is 10.1. The van der Waals surface area contributed by atoms with Gasteiger partial charge in [-0.3, -0.25) is 18.8 Å². The first kappa shape index (κ1) is 24.6. The Morgan fingerprint density at radius 2 is 1.72 bits per heavy atom. The van der Waals surface area contributed by atoms with Crippen LogP contribution >= 0.6 is 0 Å². The van der Waals surface area contributed by atoms with E-state index in [0.29, 0.717) is 22.7 Å².